The molecule has 148 valence electrons. The summed E-state index contributed by atoms with van der Waals surface area (Å²) in [6, 6.07) is 12.6. The minimum absolute atomic E-state index is 0.396. The molecule has 4 aromatic rings. The third kappa shape index (κ3) is 3.99. The standard InChI is InChI=1S/C20H17ClN4O3S/c1-3-12-8-18-16(10-17(12)21)13(9-19(26)28-18)11-29-20-22-23-24-25(20)14-4-6-15(27-2)7-5-14/h4-10H,3,11H2,1-2H3. The Balaban J connectivity index is 1.65. The molecule has 0 atom stereocenters. The molecule has 0 amide bonds. The van der Waals surface area contributed by atoms with Gasteiger partial charge in [0.05, 0.1) is 12.8 Å². The van der Waals surface area contributed by atoms with E-state index >= 15 is 0 Å². The van der Waals surface area contributed by atoms with Crippen molar-refractivity contribution in [1.82, 2.24) is 20.2 Å². The number of ether oxygens (including phenoxy) is 1. The molecule has 0 radical (unpaired) electrons. The van der Waals surface area contributed by atoms with Crippen molar-refractivity contribution < 1.29 is 9.15 Å². The van der Waals surface area contributed by atoms with Gasteiger partial charge in [0, 0.05) is 22.2 Å². The van der Waals surface area contributed by atoms with Gasteiger partial charge in [-0.05, 0) is 64.4 Å². The zero-order chi connectivity index (χ0) is 20.4. The highest BCUT2D eigenvalue weighted by Gasteiger charge is 2.13. The summed E-state index contributed by atoms with van der Waals surface area (Å²) in [6.45, 7) is 2.00. The molecule has 2 aromatic carbocycles. The zero-order valence-electron chi connectivity index (χ0n) is 15.8. The summed E-state index contributed by atoms with van der Waals surface area (Å²) in [6.07, 6.45) is 0.758. The predicted molar refractivity (Wildman–Crippen MR) is 112 cm³/mol. The van der Waals surface area contributed by atoms with Crippen LogP contribution in [0.4, 0.5) is 0 Å². The molecule has 0 saturated heterocycles. The highest BCUT2D eigenvalue weighted by atomic mass is 35.5. The van der Waals surface area contributed by atoms with E-state index in [1.165, 1.54) is 17.8 Å². The van der Waals surface area contributed by atoms with Crippen LogP contribution in [0.1, 0.15) is 18.1 Å². The minimum Gasteiger partial charge on any atom is -0.497 e. The van der Waals surface area contributed by atoms with E-state index < -0.39 is 5.63 Å². The first-order chi connectivity index (χ1) is 14.1. The van der Waals surface area contributed by atoms with Crippen molar-refractivity contribution in [3.63, 3.8) is 0 Å². The SMILES string of the molecule is CCc1cc2oc(=O)cc(CSc3nnnn3-c3ccc(OC)cc3)c2cc1Cl. The van der Waals surface area contributed by atoms with Crippen molar-refractivity contribution in [1.29, 1.82) is 0 Å². The lowest BCUT2D eigenvalue weighted by molar-refractivity contribution is 0.414. The molecule has 0 unspecified atom stereocenters. The van der Waals surface area contributed by atoms with Gasteiger partial charge >= 0.3 is 5.63 Å². The van der Waals surface area contributed by atoms with Crippen molar-refractivity contribution in [3.8, 4) is 11.4 Å². The maximum atomic E-state index is 12.0. The van der Waals surface area contributed by atoms with Gasteiger partial charge in [-0.15, -0.1) is 5.10 Å². The van der Waals surface area contributed by atoms with Gasteiger partial charge in [0.15, 0.2) is 0 Å². The van der Waals surface area contributed by atoms with Crippen molar-refractivity contribution in [2.75, 3.05) is 7.11 Å². The van der Waals surface area contributed by atoms with Gasteiger partial charge in [-0.3, -0.25) is 0 Å². The van der Waals surface area contributed by atoms with Crippen LogP contribution >= 0.6 is 23.4 Å². The van der Waals surface area contributed by atoms with Crippen molar-refractivity contribution in [3.05, 3.63) is 69.0 Å². The van der Waals surface area contributed by atoms with Crippen LogP contribution < -0.4 is 10.4 Å². The topological polar surface area (TPSA) is 83.0 Å². The van der Waals surface area contributed by atoms with Gasteiger partial charge in [0.1, 0.15) is 11.3 Å². The lowest BCUT2D eigenvalue weighted by atomic mass is 10.1. The molecule has 0 bridgehead atoms. The van der Waals surface area contributed by atoms with Gasteiger partial charge in [-0.1, -0.05) is 30.3 Å². The van der Waals surface area contributed by atoms with Crippen LogP contribution in [0.5, 0.6) is 5.75 Å². The first kappa shape index (κ1) is 19.5. The fraction of sp³-hybridized carbons (Fsp3) is 0.200. The second-order valence-corrected chi connectivity index (χ2v) is 7.59. The number of benzene rings is 2. The van der Waals surface area contributed by atoms with Crippen molar-refractivity contribution >= 4 is 34.3 Å². The number of nitrogens with zero attached hydrogens (tertiary/aromatic N) is 4. The molecule has 7 nitrogen and oxygen atoms in total. The monoisotopic (exact) mass is 428 g/mol. The summed E-state index contributed by atoms with van der Waals surface area (Å²) in [7, 11) is 1.61. The smallest absolute Gasteiger partial charge is 0.336 e. The van der Waals surface area contributed by atoms with Crippen LogP contribution in [-0.2, 0) is 12.2 Å². The summed E-state index contributed by atoms with van der Waals surface area (Å²) in [4.78, 5) is 12.0. The van der Waals surface area contributed by atoms with Crippen LogP contribution in [0.15, 0.2) is 56.8 Å². The number of aryl methyl sites for hydroxylation is 1. The van der Waals surface area contributed by atoms with Crippen LogP contribution in [0.2, 0.25) is 5.02 Å². The minimum atomic E-state index is -0.396. The van der Waals surface area contributed by atoms with Crippen LogP contribution in [0.3, 0.4) is 0 Å². The Morgan fingerprint density at radius 1 is 1.17 bits per heavy atom. The van der Waals surface area contributed by atoms with Crippen LogP contribution in [0, 0.1) is 0 Å². The summed E-state index contributed by atoms with van der Waals surface area (Å²) < 4.78 is 12.2. The van der Waals surface area contributed by atoms with E-state index in [0.717, 1.165) is 34.4 Å². The highest BCUT2D eigenvalue weighted by Crippen LogP contribution is 2.30. The molecule has 0 N–H and O–H groups in total. The van der Waals surface area contributed by atoms with Crippen LogP contribution in [-0.4, -0.2) is 27.3 Å². The Morgan fingerprint density at radius 3 is 2.69 bits per heavy atom. The number of fused-ring (bicyclic) bond motifs is 1. The van der Waals surface area contributed by atoms with Crippen molar-refractivity contribution in [2.24, 2.45) is 0 Å². The number of aromatic nitrogens is 4. The molecule has 2 heterocycles. The average molecular weight is 429 g/mol. The number of thioether (sulfide) groups is 1. The molecule has 2 aromatic heterocycles. The Kier molecular flexibility index (Phi) is 5.55. The molecule has 29 heavy (non-hydrogen) atoms. The molecule has 9 heteroatoms. The van der Waals surface area contributed by atoms with Gasteiger partial charge in [0.25, 0.3) is 0 Å². The Bertz CT molecular complexity index is 1220. The number of hydrogen-bond donors (Lipinski definition) is 0. The molecule has 0 aliphatic carbocycles. The Labute approximate surface area is 175 Å². The second-order valence-electron chi connectivity index (χ2n) is 6.24. The molecule has 0 aliphatic rings. The quantitative estimate of drug-likeness (QED) is 0.334. The molecule has 0 fully saturated rings. The van der Waals surface area contributed by atoms with E-state index in [4.69, 9.17) is 20.8 Å². The molecule has 4 rings (SSSR count). The first-order valence-corrected chi connectivity index (χ1v) is 10.3. The van der Waals surface area contributed by atoms with Crippen molar-refractivity contribution in [2.45, 2.75) is 24.3 Å². The van der Waals surface area contributed by atoms with E-state index in [-0.39, 0.29) is 0 Å². The third-order valence-electron chi connectivity index (χ3n) is 4.49. The predicted octanol–water partition coefficient (Wildman–Crippen LogP) is 4.29. The number of rotatable bonds is 6. The summed E-state index contributed by atoms with van der Waals surface area (Å²) in [5.41, 5.74) is 2.70. The zero-order valence-corrected chi connectivity index (χ0v) is 17.3. The van der Waals surface area contributed by atoms with Crippen LogP contribution in [0.25, 0.3) is 16.7 Å². The highest BCUT2D eigenvalue weighted by molar-refractivity contribution is 7.98. The largest absolute Gasteiger partial charge is 0.497 e. The maximum absolute atomic E-state index is 12.0. The first-order valence-electron chi connectivity index (χ1n) is 8.89. The van der Waals surface area contributed by atoms with E-state index in [2.05, 4.69) is 15.5 Å². The number of methoxy groups -OCH3 is 1. The fourth-order valence-electron chi connectivity index (χ4n) is 2.98. The number of hydrogen-bond acceptors (Lipinski definition) is 7. The third-order valence-corrected chi connectivity index (χ3v) is 5.81. The van der Waals surface area contributed by atoms with Gasteiger partial charge < -0.3 is 9.15 Å². The summed E-state index contributed by atoms with van der Waals surface area (Å²) in [5.74, 6) is 1.24. The normalized spacial score (nSPS) is 11.1. The lowest BCUT2D eigenvalue weighted by Gasteiger charge is -2.09. The van der Waals surface area contributed by atoms with Gasteiger partial charge in [0.2, 0.25) is 5.16 Å². The maximum Gasteiger partial charge on any atom is 0.336 e. The Hall–Kier alpha value is -2.84. The van der Waals surface area contributed by atoms with E-state index in [1.54, 1.807) is 11.8 Å². The average Bonchev–Trinajstić information content (AvgIpc) is 3.20. The van der Waals surface area contributed by atoms with Gasteiger partial charge in [-0.2, -0.15) is 4.68 Å². The molecule has 0 aliphatic heterocycles. The summed E-state index contributed by atoms with van der Waals surface area (Å²) in [5, 5.41) is 14.0. The molecule has 0 saturated carbocycles. The Morgan fingerprint density at radius 2 is 1.97 bits per heavy atom. The second kappa shape index (κ2) is 8.26. The van der Waals surface area contributed by atoms with E-state index in [0.29, 0.717) is 21.5 Å². The fourth-order valence-corrected chi connectivity index (χ4v) is 4.15. The number of tetrazole rings is 1. The van der Waals surface area contributed by atoms with E-state index in [1.807, 2.05) is 43.3 Å². The number of halogens is 1. The molecular formula is C20H17ClN4O3S. The summed E-state index contributed by atoms with van der Waals surface area (Å²) >= 11 is 7.79. The van der Waals surface area contributed by atoms with Gasteiger partial charge in [-0.25, -0.2) is 4.79 Å². The molecular weight excluding hydrogens is 412 g/mol. The molecule has 0 spiro atoms. The van der Waals surface area contributed by atoms with E-state index in [9.17, 15) is 4.79 Å². The lowest BCUT2D eigenvalue weighted by Crippen LogP contribution is -2.02.